The standard InChI is InChI=1S/C17H15NO6/c19-16(11-1-3-12(4-2-11)17(20)21)18-7-8-22-13-5-6-14-15(9-13)24-10-23-14/h1-6,9H,7-8,10H2,(H,18,19)(H,20,21). The number of ether oxygens (including phenoxy) is 3. The van der Waals surface area contributed by atoms with Crippen molar-refractivity contribution in [2.45, 2.75) is 0 Å². The number of fused-ring (bicyclic) bond motifs is 1. The molecule has 2 aromatic rings. The first kappa shape index (κ1) is 15.7. The lowest BCUT2D eigenvalue weighted by Crippen LogP contribution is -2.28. The van der Waals surface area contributed by atoms with Crippen LogP contribution in [0.5, 0.6) is 17.2 Å². The number of carbonyl (C=O) groups excluding carboxylic acids is 1. The Morgan fingerprint density at radius 3 is 2.50 bits per heavy atom. The molecule has 0 spiro atoms. The van der Waals surface area contributed by atoms with Crippen molar-refractivity contribution in [2.24, 2.45) is 0 Å². The lowest BCUT2D eigenvalue weighted by Gasteiger charge is -2.08. The molecule has 2 aromatic carbocycles. The van der Waals surface area contributed by atoms with Crippen molar-refractivity contribution in [1.82, 2.24) is 5.32 Å². The SMILES string of the molecule is O=C(O)c1ccc(C(=O)NCCOc2ccc3c(c2)OCO3)cc1. The number of rotatable bonds is 6. The smallest absolute Gasteiger partial charge is 0.335 e. The molecule has 2 N–H and O–H groups in total. The van der Waals surface area contributed by atoms with Crippen LogP contribution in [-0.2, 0) is 0 Å². The molecule has 3 rings (SSSR count). The van der Waals surface area contributed by atoms with Gasteiger partial charge in [0.2, 0.25) is 6.79 Å². The van der Waals surface area contributed by atoms with Gasteiger partial charge in [-0.3, -0.25) is 4.79 Å². The molecule has 124 valence electrons. The first-order valence-electron chi connectivity index (χ1n) is 7.27. The van der Waals surface area contributed by atoms with Crippen LogP contribution in [0.4, 0.5) is 0 Å². The van der Waals surface area contributed by atoms with Gasteiger partial charge >= 0.3 is 5.97 Å². The fraction of sp³-hybridized carbons (Fsp3) is 0.176. The van der Waals surface area contributed by atoms with Gasteiger partial charge in [0.15, 0.2) is 11.5 Å². The van der Waals surface area contributed by atoms with Crippen molar-refractivity contribution in [3.8, 4) is 17.2 Å². The normalized spacial score (nSPS) is 11.8. The van der Waals surface area contributed by atoms with Gasteiger partial charge in [0.05, 0.1) is 12.1 Å². The second kappa shape index (κ2) is 6.91. The Labute approximate surface area is 137 Å². The van der Waals surface area contributed by atoms with E-state index < -0.39 is 5.97 Å². The number of carboxylic acid groups (broad SMARTS) is 1. The quantitative estimate of drug-likeness (QED) is 0.787. The number of hydrogen-bond acceptors (Lipinski definition) is 5. The Morgan fingerprint density at radius 2 is 1.75 bits per heavy atom. The van der Waals surface area contributed by atoms with Crippen LogP contribution < -0.4 is 19.5 Å². The van der Waals surface area contributed by atoms with E-state index in [0.717, 1.165) is 0 Å². The maximum absolute atomic E-state index is 11.9. The van der Waals surface area contributed by atoms with Crippen LogP contribution >= 0.6 is 0 Å². The maximum Gasteiger partial charge on any atom is 0.335 e. The third-order valence-electron chi connectivity index (χ3n) is 3.39. The Bertz CT molecular complexity index is 756. The van der Waals surface area contributed by atoms with Crippen LogP contribution in [0.1, 0.15) is 20.7 Å². The van der Waals surface area contributed by atoms with Gasteiger partial charge in [-0.2, -0.15) is 0 Å². The number of aromatic carboxylic acids is 1. The summed E-state index contributed by atoms with van der Waals surface area (Å²) in [4.78, 5) is 22.7. The van der Waals surface area contributed by atoms with Gasteiger partial charge in [0.25, 0.3) is 5.91 Å². The Hall–Kier alpha value is -3.22. The molecule has 1 aliphatic rings. The average Bonchev–Trinajstić information content (AvgIpc) is 3.06. The van der Waals surface area contributed by atoms with E-state index in [9.17, 15) is 9.59 Å². The maximum atomic E-state index is 11.9. The predicted octanol–water partition coefficient (Wildman–Crippen LogP) is 1.92. The Balaban J connectivity index is 1.46. The van der Waals surface area contributed by atoms with Crippen molar-refractivity contribution in [2.75, 3.05) is 19.9 Å². The topological polar surface area (TPSA) is 94.1 Å². The van der Waals surface area contributed by atoms with Gasteiger partial charge in [0.1, 0.15) is 12.4 Å². The molecular formula is C17H15NO6. The van der Waals surface area contributed by atoms with E-state index in [4.69, 9.17) is 19.3 Å². The number of hydrogen-bond donors (Lipinski definition) is 2. The van der Waals surface area contributed by atoms with Gasteiger partial charge < -0.3 is 24.6 Å². The van der Waals surface area contributed by atoms with Gasteiger partial charge in [0, 0.05) is 11.6 Å². The van der Waals surface area contributed by atoms with Crippen molar-refractivity contribution in [3.63, 3.8) is 0 Å². The first-order valence-corrected chi connectivity index (χ1v) is 7.27. The monoisotopic (exact) mass is 329 g/mol. The highest BCUT2D eigenvalue weighted by Gasteiger charge is 2.13. The molecule has 0 fully saturated rings. The Kier molecular flexibility index (Phi) is 4.51. The summed E-state index contributed by atoms with van der Waals surface area (Å²) in [5.74, 6) is 0.620. The third-order valence-corrected chi connectivity index (χ3v) is 3.39. The first-order chi connectivity index (χ1) is 11.6. The van der Waals surface area contributed by atoms with Crippen LogP contribution in [0, 0.1) is 0 Å². The predicted molar refractivity (Wildman–Crippen MR) is 83.8 cm³/mol. The highest BCUT2D eigenvalue weighted by Crippen LogP contribution is 2.34. The van der Waals surface area contributed by atoms with Crippen LogP contribution in [0.3, 0.4) is 0 Å². The molecule has 1 aliphatic heterocycles. The van der Waals surface area contributed by atoms with Crippen LogP contribution in [0.2, 0.25) is 0 Å². The molecule has 0 aromatic heterocycles. The lowest BCUT2D eigenvalue weighted by atomic mass is 10.1. The number of carbonyl (C=O) groups is 2. The summed E-state index contributed by atoms with van der Waals surface area (Å²) < 4.78 is 16.0. The summed E-state index contributed by atoms with van der Waals surface area (Å²) >= 11 is 0. The molecule has 0 radical (unpaired) electrons. The molecule has 0 atom stereocenters. The summed E-state index contributed by atoms with van der Waals surface area (Å²) in [6.45, 7) is 0.808. The van der Waals surface area contributed by atoms with Crippen molar-refractivity contribution in [1.29, 1.82) is 0 Å². The molecule has 0 saturated carbocycles. The molecule has 0 bridgehead atoms. The van der Waals surface area contributed by atoms with Gasteiger partial charge in [-0.1, -0.05) is 0 Å². The van der Waals surface area contributed by atoms with Crippen LogP contribution in [-0.4, -0.2) is 36.9 Å². The van der Waals surface area contributed by atoms with E-state index in [1.54, 1.807) is 18.2 Å². The highest BCUT2D eigenvalue weighted by atomic mass is 16.7. The Morgan fingerprint density at radius 1 is 1.04 bits per heavy atom. The van der Waals surface area contributed by atoms with Crippen molar-refractivity contribution in [3.05, 3.63) is 53.6 Å². The largest absolute Gasteiger partial charge is 0.492 e. The second-order valence-corrected chi connectivity index (χ2v) is 5.00. The molecule has 24 heavy (non-hydrogen) atoms. The molecule has 1 amide bonds. The van der Waals surface area contributed by atoms with E-state index in [2.05, 4.69) is 5.32 Å². The summed E-state index contributed by atoms with van der Waals surface area (Å²) in [5.41, 5.74) is 0.528. The van der Waals surface area contributed by atoms with Gasteiger partial charge in [-0.25, -0.2) is 4.79 Å². The van der Waals surface area contributed by atoms with E-state index in [-0.39, 0.29) is 18.3 Å². The van der Waals surface area contributed by atoms with Crippen molar-refractivity contribution >= 4 is 11.9 Å². The third kappa shape index (κ3) is 3.57. The fourth-order valence-corrected chi connectivity index (χ4v) is 2.17. The van der Waals surface area contributed by atoms with E-state index >= 15 is 0 Å². The summed E-state index contributed by atoms with van der Waals surface area (Å²) in [6, 6.07) is 11.0. The average molecular weight is 329 g/mol. The molecular weight excluding hydrogens is 314 g/mol. The second-order valence-electron chi connectivity index (χ2n) is 5.00. The summed E-state index contributed by atoms with van der Waals surface area (Å²) in [7, 11) is 0. The number of benzene rings is 2. The number of amides is 1. The molecule has 0 unspecified atom stereocenters. The molecule has 1 heterocycles. The van der Waals surface area contributed by atoms with Crippen LogP contribution in [0.25, 0.3) is 0 Å². The van der Waals surface area contributed by atoms with E-state index in [1.165, 1.54) is 24.3 Å². The van der Waals surface area contributed by atoms with Crippen LogP contribution in [0.15, 0.2) is 42.5 Å². The summed E-state index contributed by atoms with van der Waals surface area (Å²) in [6.07, 6.45) is 0. The van der Waals surface area contributed by atoms with E-state index in [1.807, 2.05) is 0 Å². The zero-order valence-electron chi connectivity index (χ0n) is 12.7. The summed E-state index contributed by atoms with van der Waals surface area (Å²) in [5, 5.41) is 11.5. The highest BCUT2D eigenvalue weighted by molar-refractivity contribution is 5.95. The zero-order valence-corrected chi connectivity index (χ0v) is 12.7. The fourth-order valence-electron chi connectivity index (χ4n) is 2.17. The van der Waals surface area contributed by atoms with Gasteiger partial charge in [-0.05, 0) is 36.4 Å². The zero-order chi connectivity index (χ0) is 16.9. The molecule has 7 heteroatoms. The minimum Gasteiger partial charge on any atom is -0.492 e. The van der Waals surface area contributed by atoms with Crippen molar-refractivity contribution < 1.29 is 28.9 Å². The molecule has 7 nitrogen and oxygen atoms in total. The lowest BCUT2D eigenvalue weighted by molar-refractivity contribution is 0.0696. The number of nitrogens with one attached hydrogen (secondary N) is 1. The van der Waals surface area contributed by atoms with E-state index in [0.29, 0.717) is 36.0 Å². The number of carboxylic acids is 1. The minimum absolute atomic E-state index is 0.137. The van der Waals surface area contributed by atoms with Gasteiger partial charge in [-0.15, -0.1) is 0 Å². The minimum atomic E-state index is -1.03. The molecule has 0 saturated heterocycles. The molecule has 0 aliphatic carbocycles.